The highest BCUT2D eigenvalue weighted by atomic mass is 19.4. The molecule has 2 atom stereocenters. The van der Waals surface area contributed by atoms with Crippen LogP contribution in [0.4, 0.5) is 32.0 Å². The molecule has 0 aliphatic heterocycles. The molecule has 1 aliphatic rings. The van der Waals surface area contributed by atoms with Gasteiger partial charge in [0.25, 0.3) is 11.1 Å². The van der Waals surface area contributed by atoms with Crippen molar-refractivity contribution >= 4 is 22.1 Å². The Morgan fingerprint density at radius 3 is 2.67 bits per heavy atom. The molecule has 5 aromatic rings. The summed E-state index contributed by atoms with van der Waals surface area (Å²) in [6.45, 7) is 0.120. The van der Waals surface area contributed by atoms with E-state index >= 15 is 8.78 Å². The molecule has 218 valence electrons. The van der Waals surface area contributed by atoms with Gasteiger partial charge in [-0.25, -0.2) is 27.8 Å². The zero-order valence-corrected chi connectivity index (χ0v) is 21.6. The predicted molar refractivity (Wildman–Crippen MR) is 139 cm³/mol. The molecule has 4 aromatic heterocycles. The minimum absolute atomic E-state index is 0.111. The number of nitrogens with one attached hydrogen (secondary N) is 2. The smallest absolute Gasteiger partial charge is 0.380 e. The summed E-state index contributed by atoms with van der Waals surface area (Å²) < 4.78 is 86.7. The molecule has 9 nitrogen and oxygen atoms in total. The maximum absolute atomic E-state index is 15.3. The van der Waals surface area contributed by atoms with Gasteiger partial charge in [0.05, 0.1) is 29.0 Å². The van der Waals surface area contributed by atoms with Gasteiger partial charge < -0.3 is 9.88 Å². The summed E-state index contributed by atoms with van der Waals surface area (Å²) in [6, 6.07) is 4.75. The number of aromatic amines is 1. The van der Waals surface area contributed by atoms with Crippen molar-refractivity contribution in [3.05, 3.63) is 86.6 Å². The van der Waals surface area contributed by atoms with Gasteiger partial charge in [-0.2, -0.15) is 18.3 Å². The van der Waals surface area contributed by atoms with E-state index in [0.29, 0.717) is 25.7 Å². The van der Waals surface area contributed by atoms with Gasteiger partial charge in [-0.05, 0) is 54.8 Å². The lowest BCUT2D eigenvalue weighted by Gasteiger charge is -2.31. The standard InChI is InChI=1S/C27H21F6N7O2/c28-15-4-5-19-36-24(38-40(19)12-15)17-9-14-6-7-39(26(42)20(14)23(30)22(17)29)11-13-2-1-3-16(8-13)35-18-10-34-37-25(41)21(18)27(31,32)33/h4-7,9-10,12-13,16H,1-3,8,11H2,(H2,35,37,41)/t13-,16+/m1/s1. The maximum atomic E-state index is 15.3. The molecular formula is C27H21F6N7O2. The molecule has 42 heavy (non-hydrogen) atoms. The normalized spacial score (nSPS) is 17.7. The molecule has 4 heterocycles. The summed E-state index contributed by atoms with van der Waals surface area (Å²) in [7, 11) is 0. The lowest BCUT2D eigenvalue weighted by Crippen LogP contribution is -2.33. The number of rotatable bonds is 5. The van der Waals surface area contributed by atoms with Gasteiger partial charge in [0, 0.05) is 18.8 Å². The van der Waals surface area contributed by atoms with Crippen molar-refractivity contribution in [2.45, 2.75) is 44.4 Å². The Kier molecular flexibility index (Phi) is 6.74. The number of pyridine rings is 2. The second-order valence-corrected chi connectivity index (χ2v) is 10.2. The molecule has 2 N–H and O–H groups in total. The largest absolute Gasteiger partial charge is 0.423 e. The van der Waals surface area contributed by atoms with E-state index in [-0.39, 0.29) is 34.9 Å². The number of H-pyrrole nitrogens is 1. The molecule has 1 aliphatic carbocycles. The van der Waals surface area contributed by atoms with Gasteiger partial charge in [-0.1, -0.05) is 6.42 Å². The van der Waals surface area contributed by atoms with Crippen LogP contribution in [0.2, 0.25) is 0 Å². The van der Waals surface area contributed by atoms with E-state index in [2.05, 4.69) is 20.5 Å². The maximum Gasteiger partial charge on any atom is 0.423 e. The van der Waals surface area contributed by atoms with Crippen LogP contribution in [0.15, 0.2) is 52.4 Å². The van der Waals surface area contributed by atoms with Crippen molar-refractivity contribution < 1.29 is 26.3 Å². The zero-order chi connectivity index (χ0) is 29.8. The molecule has 1 aromatic carbocycles. The van der Waals surface area contributed by atoms with Gasteiger partial charge in [-0.15, -0.1) is 5.10 Å². The average molecular weight is 590 g/mol. The Balaban J connectivity index is 1.26. The van der Waals surface area contributed by atoms with Crippen LogP contribution in [-0.4, -0.2) is 35.4 Å². The van der Waals surface area contributed by atoms with E-state index in [0.717, 1.165) is 23.0 Å². The van der Waals surface area contributed by atoms with Crippen LogP contribution in [0, 0.1) is 23.4 Å². The van der Waals surface area contributed by atoms with Crippen LogP contribution >= 0.6 is 0 Å². The van der Waals surface area contributed by atoms with Gasteiger partial charge in [0.2, 0.25) is 0 Å². The van der Waals surface area contributed by atoms with Crippen LogP contribution < -0.4 is 16.4 Å². The van der Waals surface area contributed by atoms with E-state index < -0.39 is 57.4 Å². The Hall–Kier alpha value is -4.69. The number of nitrogens with zero attached hydrogens (tertiary/aromatic N) is 5. The average Bonchev–Trinajstić information content (AvgIpc) is 3.34. The third-order valence-corrected chi connectivity index (χ3v) is 7.42. The van der Waals surface area contributed by atoms with Crippen molar-refractivity contribution in [1.29, 1.82) is 0 Å². The number of aromatic nitrogens is 6. The molecule has 15 heteroatoms. The highest BCUT2D eigenvalue weighted by molar-refractivity contribution is 5.86. The Morgan fingerprint density at radius 1 is 1.07 bits per heavy atom. The van der Waals surface area contributed by atoms with Crippen LogP contribution in [0.3, 0.4) is 0 Å². The molecule has 0 unspecified atom stereocenters. The summed E-state index contributed by atoms with van der Waals surface area (Å²) in [5, 5.41) is 11.7. The number of fused-ring (bicyclic) bond motifs is 2. The molecule has 0 spiro atoms. The lowest BCUT2D eigenvalue weighted by molar-refractivity contribution is -0.138. The molecule has 0 bridgehead atoms. The van der Waals surface area contributed by atoms with Crippen molar-refractivity contribution in [2.24, 2.45) is 5.92 Å². The van der Waals surface area contributed by atoms with Crippen LogP contribution in [0.5, 0.6) is 0 Å². The Morgan fingerprint density at radius 2 is 1.88 bits per heavy atom. The highest BCUT2D eigenvalue weighted by Gasteiger charge is 2.38. The van der Waals surface area contributed by atoms with Crippen molar-refractivity contribution in [3.63, 3.8) is 0 Å². The molecule has 6 rings (SSSR count). The molecule has 1 fully saturated rings. The minimum atomic E-state index is -4.89. The van der Waals surface area contributed by atoms with Crippen molar-refractivity contribution in [2.75, 3.05) is 5.32 Å². The minimum Gasteiger partial charge on any atom is -0.380 e. The quantitative estimate of drug-likeness (QED) is 0.282. The van der Waals surface area contributed by atoms with Crippen molar-refractivity contribution in [3.8, 4) is 11.4 Å². The van der Waals surface area contributed by atoms with E-state index in [1.807, 2.05) is 0 Å². The first-order chi connectivity index (χ1) is 20.0. The van der Waals surface area contributed by atoms with Crippen LogP contribution in [0.1, 0.15) is 31.2 Å². The van der Waals surface area contributed by atoms with E-state index in [1.54, 1.807) is 5.10 Å². The van der Waals surface area contributed by atoms with E-state index in [4.69, 9.17) is 0 Å². The fraction of sp³-hybridized carbons (Fsp3) is 0.296. The summed E-state index contributed by atoms with van der Waals surface area (Å²) >= 11 is 0. The highest BCUT2D eigenvalue weighted by Crippen LogP contribution is 2.34. The lowest BCUT2D eigenvalue weighted by atomic mass is 9.85. The predicted octanol–water partition coefficient (Wildman–Crippen LogP) is 4.90. The van der Waals surface area contributed by atoms with E-state index in [9.17, 15) is 27.2 Å². The summed E-state index contributed by atoms with van der Waals surface area (Å²) in [5.74, 6) is -3.67. The molecular weight excluding hydrogens is 568 g/mol. The molecule has 0 radical (unpaired) electrons. The fourth-order valence-corrected chi connectivity index (χ4v) is 5.53. The van der Waals surface area contributed by atoms with Gasteiger partial charge >= 0.3 is 6.18 Å². The number of halogens is 6. The first kappa shape index (κ1) is 27.5. The first-order valence-corrected chi connectivity index (χ1v) is 12.9. The first-order valence-electron chi connectivity index (χ1n) is 12.9. The third kappa shape index (κ3) is 4.99. The second-order valence-electron chi connectivity index (χ2n) is 10.2. The van der Waals surface area contributed by atoms with E-state index in [1.165, 1.54) is 29.0 Å². The summed E-state index contributed by atoms with van der Waals surface area (Å²) in [4.78, 5) is 29.2. The SMILES string of the molecule is O=c1[nH]ncc(N[C@H]2CCC[C@@H](Cn3ccc4cc(-c5nc6ccc(F)cn6n5)c(F)c(F)c4c3=O)C2)c1C(F)(F)F. The number of hydrogen-bond donors (Lipinski definition) is 2. The van der Waals surface area contributed by atoms with Gasteiger partial charge in [0.1, 0.15) is 11.4 Å². The van der Waals surface area contributed by atoms with Crippen LogP contribution in [0.25, 0.3) is 27.8 Å². The summed E-state index contributed by atoms with van der Waals surface area (Å²) in [5.41, 5.74) is -4.01. The number of benzene rings is 1. The number of anilines is 1. The molecule has 0 amide bonds. The zero-order valence-electron chi connectivity index (χ0n) is 21.6. The van der Waals surface area contributed by atoms with Crippen LogP contribution in [-0.2, 0) is 12.7 Å². The molecule has 0 saturated heterocycles. The van der Waals surface area contributed by atoms with Gasteiger partial charge in [-0.3, -0.25) is 9.59 Å². The van der Waals surface area contributed by atoms with Gasteiger partial charge in [0.15, 0.2) is 23.1 Å². The summed E-state index contributed by atoms with van der Waals surface area (Å²) in [6.07, 6.45) is 0.679. The Bertz CT molecular complexity index is 1950. The number of alkyl halides is 3. The van der Waals surface area contributed by atoms with Crippen molar-refractivity contribution in [1.82, 2.24) is 29.4 Å². The second kappa shape index (κ2) is 10.3. The topological polar surface area (TPSA) is 110 Å². The third-order valence-electron chi connectivity index (χ3n) is 7.42. The Labute approximate surface area is 231 Å². The monoisotopic (exact) mass is 589 g/mol. The fourth-order valence-electron chi connectivity index (χ4n) is 5.53. The molecule has 1 saturated carbocycles. The number of hydrogen-bond acceptors (Lipinski definition) is 6.